The quantitative estimate of drug-likeness (QED) is 0.447. The Morgan fingerprint density at radius 2 is 1.24 bits per heavy atom. The van der Waals surface area contributed by atoms with Crippen molar-refractivity contribution in [3.63, 3.8) is 0 Å². The van der Waals surface area contributed by atoms with Gasteiger partial charge in [-0.25, -0.2) is 0 Å². The van der Waals surface area contributed by atoms with Gasteiger partial charge in [-0.15, -0.1) is 13.2 Å². The molecular formula is C25H46. The summed E-state index contributed by atoms with van der Waals surface area (Å²) in [4.78, 5) is 0. The molecule has 0 radical (unpaired) electrons. The number of rotatable bonds is 1. The molecule has 0 aromatic heterocycles. The molecule has 0 saturated heterocycles. The molecular weight excluding hydrogens is 300 g/mol. The highest BCUT2D eigenvalue weighted by molar-refractivity contribution is 5.43. The van der Waals surface area contributed by atoms with Crippen LogP contribution < -0.4 is 0 Å². The number of aryl methyl sites for hydroxylation is 2. The predicted octanol–water partition coefficient (Wildman–Crippen LogP) is 8.50. The van der Waals surface area contributed by atoms with E-state index in [4.69, 9.17) is 0 Å². The maximum Gasteiger partial charge on any atom is -0.0244 e. The van der Waals surface area contributed by atoms with Gasteiger partial charge in [0.2, 0.25) is 0 Å². The van der Waals surface area contributed by atoms with Crippen LogP contribution in [0.25, 0.3) is 0 Å². The highest BCUT2D eigenvalue weighted by Crippen LogP contribution is 2.31. The van der Waals surface area contributed by atoms with Crippen molar-refractivity contribution < 1.29 is 0 Å². The van der Waals surface area contributed by atoms with Gasteiger partial charge in [0.15, 0.2) is 0 Å². The third-order valence-corrected chi connectivity index (χ3v) is 3.29. The van der Waals surface area contributed by atoms with Crippen molar-refractivity contribution in [2.45, 2.75) is 88.5 Å². The van der Waals surface area contributed by atoms with Crippen LogP contribution in [0.4, 0.5) is 0 Å². The molecule has 1 aromatic carbocycles. The third kappa shape index (κ3) is 15.9. The topological polar surface area (TPSA) is 0 Å². The summed E-state index contributed by atoms with van der Waals surface area (Å²) in [5, 5.41) is 0. The van der Waals surface area contributed by atoms with E-state index < -0.39 is 0 Å². The minimum Gasteiger partial charge on any atom is -0.103 e. The predicted molar refractivity (Wildman–Crippen MR) is 121 cm³/mol. The Hall–Kier alpha value is -1.30. The first kappa shape index (κ1) is 28.5. The molecule has 0 nitrogen and oxygen atoms in total. The molecule has 0 bridgehead atoms. The number of hydrogen-bond donors (Lipinski definition) is 0. The van der Waals surface area contributed by atoms with Crippen LogP contribution >= 0.6 is 0 Å². The van der Waals surface area contributed by atoms with Crippen molar-refractivity contribution in [3.05, 3.63) is 59.7 Å². The molecule has 0 spiro atoms. The minimum absolute atomic E-state index is 0.833. The van der Waals surface area contributed by atoms with Gasteiger partial charge in [0.05, 0.1) is 0 Å². The van der Waals surface area contributed by atoms with Gasteiger partial charge in [-0.05, 0) is 74.1 Å². The molecule has 0 saturated carbocycles. The first-order chi connectivity index (χ1) is 11.7. The largest absolute Gasteiger partial charge is 0.103 e. The zero-order chi connectivity index (χ0) is 20.4. The van der Waals surface area contributed by atoms with E-state index in [2.05, 4.69) is 73.8 Å². The number of allylic oxidation sites excluding steroid dienone is 2. The summed E-state index contributed by atoms with van der Waals surface area (Å²) < 4.78 is 0. The summed E-state index contributed by atoms with van der Waals surface area (Å²) in [5.74, 6) is 1.69. The molecule has 0 aliphatic heterocycles. The summed E-state index contributed by atoms with van der Waals surface area (Å²) >= 11 is 0. The fourth-order valence-electron chi connectivity index (χ4n) is 2.26. The van der Waals surface area contributed by atoms with Crippen molar-refractivity contribution in [1.82, 2.24) is 0 Å². The van der Waals surface area contributed by atoms with Crippen LogP contribution in [-0.2, 0) is 12.8 Å². The summed E-state index contributed by atoms with van der Waals surface area (Å²) in [6, 6.07) is 4.51. The Morgan fingerprint density at radius 1 is 1.00 bits per heavy atom. The molecule has 0 heterocycles. The van der Waals surface area contributed by atoms with Gasteiger partial charge in [-0.2, -0.15) is 0 Å². The van der Waals surface area contributed by atoms with Crippen molar-refractivity contribution in [3.8, 4) is 0 Å². The fraction of sp³-hybridized carbons (Fsp3) is 0.600. The smallest absolute Gasteiger partial charge is 0.0244 e. The van der Waals surface area contributed by atoms with E-state index in [0.717, 1.165) is 18.3 Å². The highest BCUT2D eigenvalue weighted by atomic mass is 14.2. The van der Waals surface area contributed by atoms with Crippen LogP contribution in [-0.4, -0.2) is 0 Å². The normalized spacial score (nSPS) is 11.2. The zero-order valence-corrected chi connectivity index (χ0v) is 19.0. The van der Waals surface area contributed by atoms with Gasteiger partial charge in [0.1, 0.15) is 0 Å². The fourth-order valence-corrected chi connectivity index (χ4v) is 2.26. The van der Waals surface area contributed by atoms with E-state index in [-0.39, 0.29) is 0 Å². The molecule has 0 N–H and O–H groups in total. The summed E-state index contributed by atoms with van der Waals surface area (Å²) in [6.45, 7) is 28.1. The molecule has 2 rings (SSSR count). The second kappa shape index (κ2) is 19.0. The lowest BCUT2D eigenvalue weighted by Gasteiger charge is -2.05. The lowest BCUT2D eigenvalue weighted by Crippen LogP contribution is -1.90. The molecule has 0 unspecified atom stereocenters. The first-order valence-electron chi connectivity index (χ1n) is 10.0. The molecule has 0 amide bonds. The summed E-state index contributed by atoms with van der Waals surface area (Å²) in [7, 11) is 0. The molecule has 0 atom stereocenters. The minimum atomic E-state index is 0.833. The number of benzene rings is 1. The van der Waals surface area contributed by atoms with Crippen LogP contribution in [0, 0.1) is 25.7 Å². The van der Waals surface area contributed by atoms with Crippen LogP contribution in [0.1, 0.15) is 84.1 Å². The zero-order valence-electron chi connectivity index (χ0n) is 19.0. The van der Waals surface area contributed by atoms with Crippen molar-refractivity contribution >= 4 is 0 Å². The van der Waals surface area contributed by atoms with Gasteiger partial charge < -0.3 is 0 Å². The highest BCUT2D eigenvalue weighted by Gasteiger charge is 2.20. The Labute approximate surface area is 160 Å². The molecule has 0 heteroatoms. The Morgan fingerprint density at radius 3 is 1.44 bits per heavy atom. The average Bonchev–Trinajstić information content (AvgIpc) is 2.97. The third-order valence-electron chi connectivity index (χ3n) is 3.29. The lowest BCUT2D eigenvalue weighted by atomic mass is 10.0. The van der Waals surface area contributed by atoms with Gasteiger partial charge in [0.25, 0.3) is 0 Å². The van der Waals surface area contributed by atoms with Crippen LogP contribution in [0.15, 0.2) is 37.4 Å². The first-order valence-corrected chi connectivity index (χ1v) is 10.0. The second-order valence-electron chi connectivity index (χ2n) is 7.01. The molecule has 0 fully saturated rings. The average molecular weight is 347 g/mol. The van der Waals surface area contributed by atoms with E-state index in [9.17, 15) is 0 Å². The maximum absolute atomic E-state index is 3.48. The van der Waals surface area contributed by atoms with E-state index >= 15 is 0 Å². The maximum atomic E-state index is 3.48. The Balaban J connectivity index is -0.000000312. The molecule has 1 aromatic rings. The standard InChI is InChI=1S/C12H16.C4H10.C4H8.C3H6.C2H6/c1-8-6-11-9(2)4-5-10(3)12(11)7-8;1-4(2)3;1-3-4-2;1-3-2;1-2/h4-5,8H,6-7H2,1-3H3;4H,1-3H3;3H,1,4H2,2H3;3H,1H2,2H3;1-2H3. The van der Waals surface area contributed by atoms with Crippen molar-refractivity contribution in [1.29, 1.82) is 0 Å². The van der Waals surface area contributed by atoms with Gasteiger partial charge in [-0.1, -0.05) is 72.8 Å². The summed E-state index contributed by atoms with van der Waals surface area (Å²) in [6.07, 6.45) is 7.30. The lowest BCUT2D eigenvalue weighted by molar-refractivity contribution is 0.626. The van der Waals surface area contributed by atoms with Crippen LogP contribution in [0.2, 0.25) is 0 Å². The van der Waals surface area contributed by atoms with Crippen LogP contribution in [0.3, 0.4) is 0 Å². The Kier molecular flexibility index (Phi) is 21.7. The van der Waals surface area contributed by atoms with Gasteiger partial charge in [0, 0.05) is 0 Å². The SMILES string of the molecule is C=CC.C=CCC.CC.CC(C)C.Cc1ccc(C)c2c1CC(C)C2. The second-order valence-corrected chi connectivity index (χ2v) is 7.01. The van der Waals surface area contributed by atoms with Gasteiger partial charge >= 0.3 is 0 Å². The molecule has 146 valence electrons. The molecule has 1 aliphatic carbocycles. The number of hydrogen-bond acceptors (Lipinski definition) is 0. The number of fused-ring (bicyclic) bond motifs is 1. The summed E-state index contributed by atoms with van der Waals surface area (Å²) in [5.41, 5.74) is 6.23. The van der Waals surface area contributed by atoms with Crippen molar-refractivity contribution in [2.24, 2.45) is 11.8 Å². The monoisotopic (exact) mass is 346 g/mol. The van der Waals surface area contributed by atoms with E-state index in [1.165, 1.54) is 24.0 Å². The van der Waals surface area contributed by atoms with E-state index in [1.807, 2.05) is 26.8 Å². The Bertz CT molecular complexity index is 404. The van der Waals surface area contributed by atoms with Crippen LogP contribution in [0.5, 0.6) is 0 Å². The van der Waals surface area contributed by atoms with Crippen molar-refractivity contribution in [2.75, 3.05) is 0 Å². The molecule has 25 heavy (non-hydrogen) atoms. The van der Waals surface area contributed by atoms with E-state index in [1.54, 1.807) is 17.2 Å². The van der Waals surface area contributed by atoms with E-state index in [0.29, 0.717) is 0 Å². The van der Waals surface area contributed by atoms with Gasteiger partial charge in [-0.3, -0.25) is 0 Å². The molecule has 1 aliphatic rings.